The van der Waals surface area contributed by atoms with E-state index in [4.69, 9.17) is 11.6 Å². The van der Waals surface area contributed by atoms with Gasteiger partial charge in [0, 0.05) is 53.0 Å². The fraction of sp³-hybridized carbons (Fsp3) is 0.316. The van der Waals surface area contributed by atoms with E-state index in [1.54, 1.807) is 6.26 Å². The van der Waals surface area contributed by atoms with Crippen LogP contribution in [0.25, 0.3) is 0 Å². The van der Waals surface area contributed by atoms with Crippen molar-refractivity contribution in [1.29, 1.82) is 0 Å². The van der Waals surface area contributed by atoms with Gasteiger partial charge in [-0.1, -0.05) is 41.9 Å². The van der Waals surface area contributed by atoms with Gasteiger partial charge < -0.3 is 10.2 Å². The second-order valence-electron chi connectivity index (χ2n) is 6.16. The molecular weight excluding hydrogens is 356 g/mol. The summed E-state index contributed by atoms with van der Waals surface area (Å²) in [6.07, 6.45) is 1.66. The van der Waals surface area contributed by atoms with E-state index in [1.165, 1.54) is 0 Å². The summed E-state index contributed by atoms with van der Waals surface area (Å²) in [6, 6.07) is 15.0. The molecule has 1 N–H and O–H groups in total. The van der Waals surface area contributed by atoms with Gasteiger partial charge in [0.25, 0.3) is 5.91 Å². The third kappa shape index (κ3) is 4.29. The molecule has 25 heavy (non-hydrogen) atoms. The van der Waals surface area contributed by atoms with Crippen LogP contribution in [0.4, 0.5) is 0 Å². The van der Waals surface area contributed by atoms with Crippen molar-refractivity contribution < 1.29 is 9.00 Å². The maximum absolute atomic E-state index is 13.1. The summed E-state index contributed by atoms with van der Waals surface area (Å²) < 4.78 is 11.5. The highest BCUT2D eigenvalue weighted by atomic mass is 35.5. The van der Waals surface area contributed by atoms with E-state index in [-0.39, 0.29) is 11.9 Å². The number of carbonyl (C=O) groups is 1. The summed E-state index contributed by atoms with van der Waals surface area (Å²) in [5.41, 5.74) is 2.49. The lowest BCUT2D eigenvalue weighted by molar-refractivity contribution is 0.0634. The predicted molar refractivity (Wildman–Crippen MR) is 102 cm³/mol. The molecule has 0 aliphatic carbocycles. The molecule has 1 aliphatic heterocycles. The van der Waals surface area contributed by atoms with Gasteiger partial charge in [-0.25, -0.2) is 0 Å². The van der Waals surface area contributed by atoms with Crippen molar-refractivity contribution in [2.45, 2.75) is 11.8 Å². The minimum Gasteiger partial charge on any atom is -0.329 e. The maximum Gasteiger partial charge on any atom is 0.254 e. The predicted octanol–water partition coefficient (Wildman–Crippen LogP) is 3.01. The van der Waals surface area contributed by atoms with Crippen molar-refractivity contribution in [3.05, 3.63) is 70.2 Å². The first kappa shape index (κ1) is 18.1. The number of halogens is 1. The minimum atomic E-state index is -0.935. The van der Waals surface area contributed by atoms with E-state index in [1.807, 2.05) is 53.4 Å². The van der Waals surface area contributed by atoms with Crippen molar-refractivity contribution in [3.8, 4) is 0 Å². The quantitative estimate of drug-likeness (QED) is 0.892. The Kier molecular flexibility index (Phi) is 5.89. The molecule has 1 heterocycles. The first-order chi connectivity index (χ1) is 12.1. The number of rotatable bonds is 4. The maximum atomic E-state index is 13.1. The molecule has 132 valence electrons. The molecule has 1 amide bonds. The van der Waals surface area contributed by atoms with Crippen LogP contribution in [0.5, 0.6) is 0 Å². The molecule has 1 aliphatic rings. The van der Waals surface area contributed by atoms with E-state index < -0.39 is 10.8 Å². The van der Waals surface area contributed by atoms with Crippen LogP contribution in [0.3, 0.4) is 0 Å². The number of carbonyl (C=O) groups excluding carboxylic acids is 1. The van der Waals surface area contributed by atoms with Crippen LogP contribution >= 0.6 is 11.6 Å². The number of nitrogens with one attached hydrogen (secondary N) is 1. The Morgan fingerprint density at radius 3 is 2.84 bits per heavy atom. The van der Waals surface area contributed by atoms with Gasteiger partial charge in [0.05, 0.1) is 6.04 Å². The van der Waals surface area contributed by atoms with Gasteiger partial charge in [-0.3, -0.25) is 9.00 Å². The van der Waals surface area contributed by atoms with Crippen molar-refractivity contribution in [2.24, 2.45) is 0 Å². The molecule has 2 atom stereocenters. The van der Waals surface area contributed by atoms with Crippen LogP contribution in [0.15, 0.2) is 48.5 Å². The Labute approximate surface area is 155 Å². The fourth-order valence-electron chi connectivity index (χ4n) is 3.17. The topological polar surface area (TPSA) is 49.4 Å². The first-order valence-electron chi connectivity index (χ1n) is 8.21. The molecule has 1 saturated heterocycles. The van der Waals surface area contributed by atoms with Gasteiger partial charge in [-0.2, -0.15) is 0 Å². The molecule has 0 spiro atoms. The number of hydrogen-bond acceptors (Lipinski definition) is 3. The van der Waals surface area contributed by atoms with Crippen LogP contribution in [-0.2, 0) is 16.6 Å². The molecule has 0 bridgehead atoms. The highest BCUT2D eigenvalue weighted by molar-refractivity contribution is 7.83. The highest BCUT2D eigenvalue weighted by Crippen LogP contribution is 2.29. The van der Waals surface area contributed by atoms with Gasteiger partial charge >= 0.3 is 0 Å². The smallest absolute Gasteiger partial charge is 0.254 e. The Hall–Kier alpha value is -1.69. The number of nitrogens with zero attached hydrogens (tertiary/aromatic N) is 1. The fourth-order valence-corrected chi connectivity index (χ4v) is 4.08. The number of benzene rings is 2. The second kappa shape index (κ2) is 8.13. The van der Waals surface area contributed by atoms with E-state index in [0.29, 0.717) is 29.4 Å². The van der Waals surface area contributed by atoms with Crippen LogP contribution in [0.2, 0.25) is 5.02 Å². The molecule has 0 saturated carbocycles. The normalized spacial score (nSPS) is 18.8. The molecule has 3 rings (SSSR count). The summed E-state index contributed by atoms with van der Waals surface area (Å²) in [6.45, 7) is 2.05. The van der Waals surface area contributed by atoms with Crippen molar-refractivity contribution in [1.82, 2.24) is 10.2 Å². The van der Waals surface area contributed by atoms with Crippen LogP contribution in [-0.4, -0.2) is 40.9 Å². The lowest BCUT2D eigenvalue weighted by atomic mass is 10.0. The van der Waals surface area contributed by atoms with Gasteiger partial charge in [0.2, 0.25) is 0 Å². The molecule has 0 aromatic heterocycles. The molecule has 2 aromatic rings. The van der Waals surface area contributed by atoms with E-state index in [0.717, 1.165) is 17.7 Å². The lowest BCUT2D eigenvalue weighted by Gasteiger charge is -2.37. The zero-order valence-electron chi connectivity index (χ0n) is 14.1. The van der Waals surface area contributed by atoms with E-state index >= 15 is 0 Å². The molecule has 1 fully saturated rings. The molecule has 0 radical (unpaired) electrons. The minimum absolute atomic E-state index is 0.0184. The van der Waals surface area contributed by atoms with Crippen LogP contribution in [0, 0.1) is 0 Å². The summed E-state index contributed by atoms with van der Waals surface area (Å²) in [7, 11) is -0.935. The Bertz CT molecular complexity index is 796. The molecule has 2 aromatic carbocycles. The molecule has 6 heteroatoms. The van der Waals surface area contributed by atoms with E-state index in [2.05, 4.69) is 5.32 Å². The van der Waals surface area contributed by atoms with Crippen molar-refractivity contribution in [3.63, 3.8) is 0 Å². The first-order valence-corrected chi connectivity index (χ1v) is 10.3. The highest BCUT2D eigenvalue weighted by Gasteiger charge is 2.29. The second-order valence-corrected chi connectivity index (χ2v) is 8.00. The zero-order chi connectivity index (χ0) is 17.8. The third-order valence-electron chi connectivity index (χ3n) is 4.31. The standard InChI is InChI=1S/C19H21ClN2O2S/c1-25(24)13-14-5-4-6-15(11-14)19(23)22-10-9-21-12-18(22)16-7-2-3-8-17(16)20/h2-8,11,18,21H,9-10,12-13H2,1H3. The lowest BCUT2D eigenvalue weighted by Crippen LogP contribution is -2.48. The van der Waals surface area contributed by atoms with Crippen LogP contribution in [0.1, 0.15) is 27.5 Å². The number of piperazine rings is 1. The van der Waals surface area contributed by atoms with E-state index in [9.17, 15) is 9.00 Å². The zero-order valence-corrected chi connectivity index (χ0v) is 15.6. The average Bonchev–Trinajstić information content (AvgIpc) is 2.61. The van der Waals surface area contributed by atoms with Gasteiger partial charge in [0.1, 0.15) is 0 Å². The molecular formula is C19H21ClN2O2S. The summed E-state index contributed by atoms with van der Waals surface area (Å²) in [4.78, 5) is 15.0. The van der Waals surface area contributed by atoms with Gasteiger partial charge in [-0.05, 0) is 29.3 Å². The average molecular weight is 377 g/mol. The summed E-state index contributed by atoms with van der Waals surface area (Å²) in [5.74, 6) is 0.437. The molecule has 2 unspecified atom stereocenters. The Morgan fingerprint density at radius 2 is 2.08 bits per heavy atom. The number of amides is 1. The number of hydrogen-bond donors (Lipinski definition) is 1. The van der Waals surface area contributed by atoms with Crippen molar-refractivity contribution in [2.75, 3.05) is 25.9 Å². The SMILES string of the molecule is CS(=O)Cc1cccc(C(=O)N2CCNCC2c2ccccc2Cl)c1. The monoisotopic (exact) mass is 376 g/mol. The van der Waals surface area contributed by atoms with Gasteiger partial charge in [0.15, 0.2) is 0 Å². The third-order valence-corrected chi connectivity index (χ3v) is 5.40. The largest absolute Gasteiger partial charge is 0.329 e. The van der Waals surface area contributed by atoms with Crippen LogP contribution < -0.4 is 5.32 Å². The Morgan fingerprint density at radius 1 is 1.28 bits per heavy atom. The molecule has 4 nitrogen and oxygen atoms in total. The van der Waals surface area contributed by atoms with Gasteiger partial charge in [-0.15, -0.1) is 0 Å². The Balaban J connectivity index is 1.89. The van der Waals surface area contributed by atoms with Crippen molar-refractivity contribution >= 4 is 28.3 Å². The summed E-state index contributed by atoms with van der Waals surface area (Å²) >= 11 is 6.36. The summed E-state index contributed by atoms with van der Waals surface area (Å²) in [5, 5.41) is 4.01.